The van der Waals surface area contributed by atoms with Gasteiger partial charge in [-0.1, -0.05) is 54.7 Å². The Morgan fingerprint density at radius 2 is 1.87 bits per heavy atom. The van der Waals surface area contributed by atoms with Gasteiger partial charge in [-0.2, -0.15) is 8.42 Å². The Bertz CT molecular complexity index is 1410. The Morgan fingerprint density at radius 3 is 2.50 bits per heavy atom. The van der Waals surface area contributed by atoms with E-state index in [1.54, 1.807) is 30.3 Å². The molecule has 2 aromatic carbocycles. The van der Waals surface area contributed by atoms with Crippen LogP contribution in [0.15, 0.2) is 42.5 Å². The molecule has 3 aromatic rings. The number of hydrogen-bond acceptors (Lipinski definition) is 6. The summed E-state index contributed by atoms with van der Waals surface area (Å²) in [6.45, 7) is 1.09. The molecule has 1 heterocycles. The van der Waals surface area contributed by atoms with Crippen LogP contribution in [0.5, 0.6) is 5.75 Å². The second-order valence-electron chi connectivity index (χ2n) is 9.15. The number of alkyl halides is 1. The summed E-state index contributed by atoms with van der Waals surface area (Å²) in [4.78, 5) is 5.03. The smallest absolute Gasteiger partial charge is 0.309 e. The second-order valence-corrected chi connectivity index (χ2v) is 12.1. The Morgan fingerprint density at radius 1 is 1.18 bits per heavy atom. The van der Waals surface area contributed by atoms with E-state index in [0.717, 1.165) is 37.2 Å². The molecule has 1 aliphatic rings. The number of halogens is 3. The zero-order chi connectivity index (χ0) is 27.4. The normalized spacial score (nSPS) is 14.4. The van der Waals surface area contributed by atoms with Crippen LogP contribution in [0.25, 0.3) is 17.1 Å². The fraction of sp³-hybridized carbons (Fsp3) is 0.385. The monoisotopic (exact) mass is 599 g/mol. The van der Waals surface area contributed by atoms with E-state index in [2.05, 4.69) is 0 Å². The van der Waals surface area contributed by atoms with Gasteiger partial charge in [0.2, 0.25) is 0 Å². The van der Waals surface area contributed by atoms with Crippen LogP contribution in [0.1, 0.15) is 49.9 Å². The predicted octanol–water partition coefficient (Wildman–Crippen LogP) is 6.92. The zero-order valence-electron chi connectivity index (χ0n) is 20.7. The van der Waals surface area contributed by atoms with Gasteiger partial charge in [0.15, 0.2) is 4.99 Å². The molecule has 0 radical (unpaired) electrons. The van der Waals surface area contributed by atoms with Gasteiger partial charge in [-0.05, 0) is 68.7 Å². The number of benzene rings is 2. The second kappa shape index (κ2) is 12.3. The van der Waals surface area contributed by atoms with E-state index in [4.69, 9.17) is 44.6 Å². The third-order valence-corrected chi connectivity index (χ3v) is 8.62. The minimum absolute atomic E-state index is 0.0702. The van der Waals surface area contributed by atoms with Gasteiger partial charge < -0.3 is 4.18 Å². The third kappa shape index (κ3) is 6.48. The molecule has 1 aliphatic carbocycles. The van der Waals surface area contributed by atoms with Crippen molar-refractivity contribution in [2.24, 2.45) is 0 Å². The summed E-state index contributed by atoms with van der Waals surface area (Å²) in [5.41, 5.74) is 2.34. The van der Waals surface area contributed by atoms with Crippen molar-refractivity contribution in [1.82, 2.24) is 14.6 Å². The molecule has 1 saturated carbocycles. The average Bonchev–Trinajstić information content (AvgIpc) is 3.24. The lowest BCUT2D eigenvalue weighted by Crippen LogP contribution is -2.38. The molecule has 0 spiro atoms. The Hall–Kier alpha value is -2.24. The van der Waals surface area contributed by atoms with Gasteiger partial charge in [0.05, 0.1) is 29.2 Å². The van der Waals surface area contributed by atoms with Crippen molar-refractivity contribution in [2.45, 2.75) is 51.5 Å². The highest BCUT2D eigenvalue weighted by atomic mass is 35.5. The fourth-order valence-electron chi connectivity index (χ4n) is 4.54. The highest BCUT2D eigenvalue weighted by Crippen LogP contribution is 2.34. The molecule has 0 aliphatic heterocycles. The minimum Gasteiger partial charge on any atom is -0.382 e. The van der Waals surface area contributed by atoms with Crippen LogP contribution in [-0.4, -0.2) is 51.7 Å². The first-order valence-corrected chi connectivity index (χ1v) is 15.0. The SMILES string of the molecule is Cc1c(C(=S)N(O)C2CCCCC2)nc(-c2ccc(Cl)cc2Cl)n1-c1ccc(OS(=O)(=O)CCCF)cc1. The van der Waals surface area contributed by atoms with Crippen LogP contribution in [-0.2, 0) is 10.1 Å². The largest absolute Gasteiger partial charge is 0.382 e. The lowest BCUT2D eigenvalue weighted by atomic mass is 9.95. The van der Waals surface area contributed by atoms with Crippen LogP contribution in [0.3, 0.4) is 0 Å². The van der Waals surface area contributed by atoms with Crippen molar-refractivity contribution in [3.8, 4) is 22.8 Å². The summed E-state index contributed by atoms with van der Waals surface area (Å²) in [7, 11) is -3.91. The van der Waals surface area contributed by atoms with Crippen molar-refractivity contribution in [1.29, 1.82) is 0 Å². The standard InChI is InChI=1S/C26H28Cl2FN3O4S2/c1-17-24(26(37)32(33)20-6-3-2-4-7-20)30-25(22-13-8-18(27)16-23(22)28)31(17)19-9-11-21(12-10-19)36-38(34,35)15-5-14-29/h8-13,16,20,33H,2-7,14-15H2,1H3. The number of imidazole rings is 1. The van der Waals surface area contributed by atoms with Crippen molar-refractivity contribution >= 4 is 50.5 Å². The Balaban J connectivity index is 1.74. The topological polar surface area (TPSA) is 84.7 Å². The first-order valence-electron chi connectivity index (χ1n) is 12.3. The maximum absolute atomic E-state index is 12.4. The molecule has 1 aromatic heterocycles. The van der Waals surface area contributed by atoms with E-state index in [1.807, 2.05) is 11.5 Å². The molecular weight excluding hydrogens is 572 g/mol. The third-order valence-electron chi connectivity index (χ3n) is 6.46. The molecule has 0 atom stereocenters. The minimum atomic E-state index is -3.91. The van der Waals surface area contributed by atoms with E-state index in [0.29, 0.717) is 38.5 Å². The van der Waals surface area contributed by atoms with E-state index < -0.39 is 22.5 Å². The number of rotatable bonds is 9. The molecule has 0 unspecified atom stereocenters. The number of thiocarbonyl (C=S) groups is 1. The highest BCUT2D eigenvalue weighted by molar-refractivity contribution is 7.87. The molecule has 7 nitrogen and oxygen atoms in total. The van der Waals surface area contributed by atoms with Gasteiger partial charge in [-0.15, -0.1) is 0 Å². The molecule has 204 valence electrons. The molecule has 0 saturated heterocycles. The van der Waals surface area contributed by atoms with E-state index in [-0.39, 0.29) is 23.2 Å². The summed E-state index contributed by atoms with van der Waals surface area (Å²) in [6.07, 6.45) is 4.76. The van der Waals surface area contributed by atoms with Crippen LogP contribution in [0.4, 0.5) is 4.39 Å². The highest BCUT2D eigenvalue weighted by Gasteiger charge is 2.28. The summed E-state index contributed by atoms with van der Waals surface area (Å²) in [6, 6.07) is 11.4. The summed E-state index contributed by atoms with van der Waals surface area (Å²) in [5, 5.41) is 13.0. The van der Waals surface area contributed by atoms with Crippen LogP contribution >= 0.6 is 35.4 Å². The summed E-state index contributed by atoms with van der Waals surface area (Å²) < 4.78 is 43.5. The van der Waals surface area contributed by atoms with E-state index in [1.165, 1.54) is 12.1 Å². The zero-order valence-corrected chi connectivity index (χ0v) is 23.9. The van der Waals surface area contributed by atoms with Gasteiger partial charge in [0.1, 0.15) is 17.3 Å². The predicted molar refractivity (Wildman–Crippen MR) is 151 cm³/mol. The molecule has 4 rings (SSSR count). The first kappa shape index (κ1) is 28.8. The van der Waals surface area contributed by atoms with Crippen LogP contribution in [0, 0.1) is 6.92 Å². The quantitative estimate of drug-likeness (QED) is 0.162. The van der Waals surface area contributed by atoms with Gasteiger partial charge in [-0.3, -0.25) is 14.2 Å². The van der Waals surface area contributed by atoms with Crippen LogP contribution < -0.4 is 4.18 Å². The van der Waals surface area contributed by atoms with Gasteiger partial charge in [0, 0.05) is 16.3 Å². The maximum Gasteiger partial charge on any atom is 0.309 e. The molecule has 38 heavy (non-hydrogen) atoms. The molecule has 1 N–H and O–H groups in total. The van der Waals surface area contributed by atoms with Crippen molar-refractivity contribution < 1.29 is 22.2 Å². The van der Waals surface area contributed by atoms with Crippen molar-refractivity contribution in [2.75, 3.05) is 12.4 Å². The van der Waals surface area contributed by atoms with Gasteiger partial charge in [-0.25, -0.2) is 10.0 Å². The lowest BCUT2D eigenvalue weighted by molar-refractivity contribution is -0.0609. The fourth-order valence-corrected chi connectivity index (χ4v) is 6.33. The number of hydroxylamine groups is 2. The summed E-state index contributed by atoms with van der Waals surface area (Å²) >= 11 is 18.4. The Kier molecular flexibility index (Phi) is 9.31. The molecule has 12 heteroatoms. The lowest BCUT2D eigenvalue weighted by Gasteiger charge is -2.30. The van der Waals surface area contributed by atoms with Crippen LogP contribution in [0.2, 0.25) is 10.0 Å². The maximum atomic E-state index is 12.4. The number of nitrogens with zero attached hydrogens (tertiary/aromatic N) is 3. The molecule has 1 fully saturated rings. The molecule has 0 amide bonds. The molecular formula is C26H28Cl2FN3O4S2. The van der Waals surface area contributed by atoms with E-state index in [9.17, 15) is 18.0 Å². The van der Waals surface area contributed by atoms with E-state index >= 15 is 0 Å². The Labute approximate surface area is 237 Å². The summed E-state index contributed by atoms with van der Waals surface area (Å²) in [5.74, 6) is 0.165. The van der Waals surface area contributed by atoms with Gasteiger partial charge in [0.25, 0.3) is 0 Å². The van der Waals surface area contributed by atoms with Crippen molar-refractivity contribution in [3.05, 3.63) is 63.9 Å². The molecule has 0 bridgehead atoms. The first-order chi connectivity index (χ1) is 18.1. The van der Waals surface area contributed by atoms with Gasteiger partial charge >= 0.3 is 10.1 Å². The number of aromatic nitrogens is 2. The van der Waals surface area contributed by atoms with Crippen molar-refractivity contribution in [3.63, 3.8) is 0 Å². The average molecular weight is 601 g/mol. The number of hydrogen-bond donors (Lipinski definition) is 1.